The fourth-order valence-corrected chi connectivity index (χ4v) is 1.85. The summed E-state index contributed by atoms with van der Waals surface area (Å²) in [6.45, 7) is 1.78. The molecule has 1 unspecified atom stereocenters. The molecule has 7 heteroatoms. The third-order valence-electron chi connectivity index (χ3n) is 2.30. The normalized spacial score (nSPS) is 12.2. The van der Waals surface area contributed by atoms with Gasteiger partial charge in [0.25, 0.3) is 0 Å². The van der Waals surface area contributed by atoms with Crippen molar-refractivity contribution >= 4 is 29.2 Å². The van der Waals surface area contributed by atoms with E-state index in [0.29, 0.717) is 5.56 Å². The molecular formula is C11H9Cl2FN4. The van der Waals surface area contributed by atoms with E-state index in [1.165, 1.54) is 6.07 Å². The monoisotopic (exact) mass is 286 g/mol. The number of hydrogen-bond donors (Lipinski definition) is 1. The summed E-state index contributed by atoms with van der Waals surface area (Å²) in [5.74, 6) is -0.0977. The number of nitrogens with one attached hydrogen (secondary N) is 1. The van der Waals surface area contributed by atoms with Crippen molar-refractivity contribution in [2.75, 3.05) is 5.32 Å². The lowest BCUT2D eigenvalue weighted by molar-refractivity contribution is 0.599. The molecule has 1 heterocycles. The standard InChI is InChI=1S/C11H9Cl2FN4/c1-6(7-4-2-3-5-8(7)14)15-11-17-9(12)16-10(13)18-11/h2-6H,1H3,(H,15,16,17,18). The summed E-state index contributed by atoms with van der Waals surface area (Å²) in [6.07, 6.45) is 0. The summed E-state index contributed by atoms with van der Waals surface area (Å²) in [5, 5.41) is 2.88. The molecule has 4 nitrogen and oxygen atoms in total. The van der Waals surface area contributed by atoms with Gasteiger partial charge in [0.15, 0.2) is 0 Å². The first kappa shape index (κ1) is 13.0. The van der Waals surface area contributed by atoms with E-state index in [9.17, 15) is 4.39 Å². The summed E-state index contributed by atoms with van der Waals surface area (Å²) in [6, 6.07) is 6.13. The number of rotatable bonds is 3. The van der Waals surface area contributed by atoms with Crippen LogP contribution < -0.4 is 5.32 Å². The molecule has 0 saturated heterocycles. The molecule has 0 saturated carbocycles. The minimum absolute atomic E-state index is 0.0155. The van der Waals surface area contributed by atoms with Crippen LogP contribution in [0.5, 0.6) is 0 Å². The van der Waals surface area contributed by atoms with Gasteiger partial charge in [0, 0.05) is 5.56 Å². The van der Waals surface area contributed by atoms with Crippen molar-refractivity contribution in [3.63, 3.8) is 0 Å². The number of anilines is 1. The van der Waals surface area contributed by atoms with Gasteiger partial charge in [0.1, 0.15) is 5.82 Å². The van der Waals surface area contributed by atoms with Crippen LogP contribution in [0.1, 0.15) is 18.5 Å². The third kappa shape index (κ3) is 3.05. The number of benzene rings is 1. The van der Waals surface area contributed by atoms with Gasteiger partial charge in [-0.15, -0.1) is 0 Å². The Morgan fingerprint density at radius 1 is 1.11 bits per heavy atom. The highest BCUT2D eigenvalue weighted by atomic mass is 35.5. The van der Waals surface area contributed by atoms with E-state index in [4.69, 9.17) is 23.2 Å². The molecule has 2 aromatic rings. The van der Waals surface area contributed by atoms with Crippen molar-refractivity contribution in [2.45, 2.75) is 13.0 Å². The van der Waals surface area contributed by atoms with Gasteiger partial charge in [0.2, 0.25) is 16.5 Å². The Hall–Kier alpha value is -1.46. The van der Waals surface area contributed by atoms with Crippen molar-refractivity contribution < 1.29 is 4.39 Å². The Balaban J connectivity index is 2.21. The number of aromatic nitrogens is 3. The topological polar surface area (TPSA) is 50.7 Å². The van der Waals surface area contributed by atoms with Gasteiger partial charge in [-0.2, -0.15) is 15.0 Å². The molecule has 0 bridgehead atoms. The van der Waals surface area contributed by atoms with Crippen LogP contribution in [0.3, 0.4) is 0 Å². The molecule has 1 aromatic carbocycles. The van der Waals surface area contributed by atoms with Crippen LogP contribution in [-0.4, -0.2) is 15.0 Å². The molecule has 1 N–H and O–H groups in total. The summed E-state index contributed by atoms with van der Waals surface area (Å²) in [4.78, 5) is 11.3. The Morgan fingerprint density at radius 3 is 2.33 bits per heavy atom. The average Bonchev–Trinajstić information content (AvgIpc) is 2.27. The predicted molar refractivity (Wildman–Crippen MR) is 68.3 cm³/mol. The van der Waals surface area contributed by atoms with Gasteiger partial charge in [-0.1, -0.05) is 18.2 Å². The second-order valence-corrected chi connectivity index (χ2v) is 4.26. The van der Waals surface area contributed by atoms with Crippen molar-refractivity contribution in [1.29, 1.82) is 0 Å². The maximum Gasteiger partial charge on any atom is 0.228 e. The zero-order valence-electron chi connectivity index (χ0n) is 9.36. The Bertz CT molecular complexity index is 544. The molecule has 1 atom stereocenters. The maximum atomic E-state index is 13.6. The van der Waals surface area contributed by atoms with E-state index in [0.717, 1.165) is 0 Å². The highest BCUT2D eigenvalue weighted by Crippen LogP contribution is 2.20. The first-order valence-electron chi connectivity index (χ1n) is 5.14. The highest BCUT2D eigenvalue weighted by Gasteiger charge is 2.12. The smallest absolute Gasteiger partial charge is 0.228 e. The van der Waals surface area contributed by atoms with Crippen LogP contribution in [0.15, 0.2) is 24.3 Å². The van der Waals surface area contributed by atoms with Crippen LogP contribution in [-0.2, 0) is 0 Å². The summed E-state index contributed by atoms with van der Waals surface area (Å²) in [7, 11) is 0. The average molecular weight is 287 g/mol. The van der Waals surface area contributed by atoms with E-state index in [1.54, 1.807) is 25.1 Å². The van der Waals surface area contributed by atoms with E-state index in [-0.39, 0.29) is 28.4 Å². The molecular weight excluding hydrogens is 278 g/mol. The first-order valence-corrected chi connectivity index (χ1v) is 5.90. The summed E-state index contributed by atoms with van der Waals surface area (Å²) < 4.78 is 13.6. The number of halogens is 3. The van der Waals surface area contributed by atoms with Crippen molar-refractivity contribution in [3.05, 3.63) is 46.2 Å². The molecule has 0 aliphatic heterocycles. The van der Waals surface area contributed by atoms with Crippen LogP contribution in [0.4, 0.5) is 10.3 Å². The Kier molecular flexibility index (Phi) is 3.93. The maximum absolute atomic E-state index is 13.6. The second kappa shape index (κ2) is 5.46. The molecule has 18 heavy (non-hydrogen) atoms. The van der Waals surface area contributed by atoms with Gasteiger partial charge in [-0.3, -0.25) is 0 Å². The summed E-state index contributed by atoms with van der Waals surface area (Å²) in [5.41, 5.74) is 0.505. The molecule has 0 aliphatic carbocycles. The van der Waals surface area contributed by atoms with Gasteiger partial charge in [-0.25, -0.2) is 4.39 Å². The van der Waals surface area contributed by atoms with Crippen molar-refractivity contribution in [1.82, 2.24) is 15.0 Å². The molecule has 0 fully saturated rings. The molecule has 0 spiro atoms. The molecule has 1 aromatic heterocycles. The second-order valence-electron chi connectivity index (χ2n) is 3.58. The Labute approximate surface area is 113 Å². The zero-order valence-corrected chi connectivity index (χ0v) is 10.9. The summed E-state index contributed by atoms with van der Waals surface area (Å²) >= 11 is 11.3. The minimum atomic E-state index is -0.319. The lowest BCUT2D eigenvalue weighted by Gasteiger charge is -2.14. The fourth-order valence-electron chi connectivity index (χ4n) is 1.49. The predicted octanol–water partition coefficient (Wildman–Crippen LogP) is 3.49. The lowest BCUT2D eigenvalue weighted by Crippen LogP contribution is -2.11. The third-order valence-corrected chi connectivity index (χ3v) is 2.64. The van der Waals surface area contributed by atoms with Crippen LogP contribution >= 0.6 is 23.2 Å². The van der Waals surface area contributed by atoms with Gasteiger partial charge in [0.05, 0.1) is 6.04 Å². The Morgan fingerprint density at radius 2 is 1.72 bits per heavy atom. The van der Waals surface area contributed by atoms with E-state index >= 15 is 0 Å². The van der Waals surface area contributed by atoms with Crippen LogP contribution in [0.2, 0.25) is 10.6 Å². The van der Waals surface area contributed by atoms with E-state index in [2.05, 4.69) is 20.3 Å². The van der Waals surface area contributed by atoms with Gasteiger partial charge >= 0.3 is 0 Å². The number of hydrogen-bond acceptors (Lipinski definition) is 4. The van der Waals surface area contributed by atoms with E-state index < -0.39 is 0 Å². The molecule has 94 valence electrons. The highest BCUT2D eigenvalue weighted by molar-refractivity contribution is 6.31. The van der Waals surface area contributed by atoms with Crippen LogP contribution in [0.25, 0.3) is 0 Å². The molecule has 0 amide bonds. The lowest BCUT2D eigenvalue weighted by atomic mass is 10.1. The fraction of sp³-hybridized carbons (Fsp3) is 0.182. The van der Waals surface area contributed by atoms with E-state index in [1.807, 2.05) is 0 Å². The first-order chi connectivity index (χ1) is 8.56. The van der Waals surface area contributed by atoms with Gasteiger partial charge < -0.3 is 5.32 Å². The van der Waals surface area contributed by atoms with Gasteiger partial charge in [-0.05, 0) is 36.2 Å². The van der Waals surface area contributed by atoms with Crippen molar-refractivity contribution in [3.8, 4) is 0 Å². The zero-order chi connectivity index (χ0) is 13.1. The number of nitrogens with zero attached hydrogens (tertiary/aromatic N) is 3. The quantitative estimate of drug-likeness (QED) is 0.938. The molecule has 0 radical (unpaired) electrons. The minimum Gasteiger partial charge on any atom is -0.347 e. The largest absolute Gasteiger partial charge is 0.347 e. The van der Waals surface area contributed by atoms with Crippen molar-refractivity contribution in [2.24, 2.45) is 0 Å². The molecule has 2 rings (SSSR count). The molecule has 0 aliphatic rings. The SMILES string of the molecule is CC(Nc1nc(Cl)nc(Cl)n1)c1ccccc1F. The van der Waals surface area contributed by atoms with Crippen LogP contribution in [0, 0.1) is 5.82 Å².